The number of nitrogens with two attached hydrogens (primary N) is 1. The van der Waals surface area contributed by atoms with Crippen LogP contribution in [0.3, 0.4) is 0 Å². The Hall–Kier alpha value is -3.90. The van der Waals surface area contributed by atoms with Gasteiger partial charge in [-0.05, 0) is 67.9 Å². The van der Waals surface area contributed by atoms with Gasteiger partial charge in [0.1, 0.15) is 11.7 Å². The smallest absolute Gasteiger partial charge is 0.398 e. The molecule has 0 saturated carbocycles. The molecule has 224 valence electrons. The number of aromatic nitrogens is 1. The highest BCUT2D eigenvalue weighted by Crippen LogP contribution is 2.37. The zero-order valence-corrected chi connectivity index (χ0v) is 23.7. The predicted molar refractivity (Wildman–Crippen MR) is 148 cm³/mol. The second-order valence-corrected chi connectivity index (χ2v) is 10.8. The van der Waals surface area contributed by atoms with Gasteiger partial charge in [0.2, 0.25) is 0 Å². The molecule has 4 N–H and O–H groups in total. The van der Waals surface area contributed by atoms with Crippen molar-refractivity contribution in [3.05, 3.63) is 76.2 Å². The third-order valence-corrected chi connectivity index (χ3v) is 7.01. The van der Waals surface area contributed by atoms with Crippen LogP contribution in [-0.2, 0) is 10.3 Å². The second-order valence-electron chi connectivity index (χ2n) is 10.4. The molecular formula is C29H29ClF4N4O4. The third-order valence-electron chi connectivity index (χ3n) is 6.72. The highest BCUT2D eigenvalue weighted by Gasteiger charge is 2.42. The number of carbonyl (C=O) groups excluding carboxylic acids is 2. The van der Waals surface area contributed by atoms with Crippen molar-refractivity contribution in [2.75, 3.05) is 20.2 Å². The molecule has 2 heterocycles. The van der Waals surface area contributed by atoms with Gasteiger partial charge in [-0.3, -0.25) is 14.6 Å². The van der Waals surface area contributed by atoms with Crippen LogP contribution in [0.5, 0.6) is 11.5 Å². The van der Waals surface area contributed by atoms with Crippen molar-refractivity contribution in [2.45, 2.75) is 44.0 Å². The summed E-state index contributed by atoms with van der Waals surface area (Å²) in [4.78, 5) is 29.0. The van der Waals surface area contributed by atoms with E-state index in [9.17, 15) is 27.2 Å². The van der Waals surface area contributed by atoms with E-state index in [1.165, 1.54) is 49.6 Å². The van der Waals surface area contributed by atoms with Crippen molar-refractivity contribution in [1.82, 2.24) is 15.6 Å². The molecule has 1 saturated heterocycles. The van der Waals surface area contributed by atoms with Gasteiger partial charge in [0.15, 0.2) is 17.6 Å². The lowest BCUT2D eigenvalue weighted by molar-refractivity contribution is -0.149. The lowest BCUT2D eigenvalue weighted by Crippen LogP contribution is -2.36. The normalized spacial score (nSPS) is 16.1. The van der Waals surface area contributed by atoms with E-state index in [1.807, 2.05) is 0 Å². The van der Waals surface area contributed by atoms with E-state index in [-0.39, 0.29) is 39.4 Å². The molecule has 0 bridgehead atoms. The van der Waals surface area contributed by atoms with Crippen LogP contribution in [0.25, 0.3) is 11.3 Å². The number of hydrogen-bond donors (Lipinski definition) is 3. The molecule has 13 heteroatoms. The molecule has 4 rings (SSSR count). The molecule has 2 amide bonds. The molecule has 0 radical (unpaired) electrons. The Morgan fingerprint density at radius 1 is 1.17 bits per heavy atom. The average Bonchev–Trinajstić information content (AvgIpc) is 3.33. The fourth-order valence-electron chi connectivity index (χ4n) is 4.33. The van der Waals surface area contributed by atoms with Crippen molar-refractivity contribution in [3.63, 3.8) is 0 Å². The van der Waals surface area contributed by atoms with Crippen LogP contribution in [0.1, 0.15) is 47.8 Å². The van der Waals surface area contributed by atoms with Crippen LogP contribution >= 0.6 is 11.6 Å². The Bertz CT molecular complexity index is 1490. The zero-order valence-electron chi connectivity index (χ0n) is 22.9. The summed E-state index contributed by atoms with van der Waals surface area (Å²) in [5, 5.41) is 4.76. The molecule has 8 nitrogen and oxygen atoms in total. The van der Waals surface area contributed by atoms with Gasteiger partial charge < -0.3 is 25.8 Å². The topological polar surface area (TPSA) is 116 Å². The first-order chi connectivity index (χ1) is 19.7. The van der Waals surface area contributed by atoms with Crippen molar-refractivity contribution in [2.24, 2.45) is 5.73 Å². The van der Waals surface area contributed by atoms with E-state index >= 15 is 0 Å². The van der Waals surface area contributed by atoms with Crippen molar-refractivity contribution in [1.29, 1.82) is 0 Å². The van der Waals surface area contributed by atoms with E-state index in [0.29, 0.717) is 24.1 Å². The summed E-state index contributed by atoms with van der Waals surface area (Å²) in [5.74, 6) is -3.62. The summed E-state index contributed by atoms with van der Waals surface area (Å²) in [6.07, 6.45) is -5.06. The van der Waals surface area contributed by atoms with E-state index < -0.39 is 42.0 Å². The summed E-state index contributed by atoms with van der Waals surface area (Å²) in [6.45, 7) is 2.87. The molecule has 2 unspecified atom stereocenters. The molecule has 0 aliphatic carbocycles. The van der Waals surface area contributed by atoms with Gasteiger partial charge in [-0.25, -0.2) is 4.39 Å². The van der Waals surface area contributed by atoms with Crippen LogP contribution in [-0.4, -0.2) is 49.3 Å². The molecule has 1 aromatic heterocycles. The Kier molecular flexibility index (Phi) is 8.98. The Labute approximate surface area is 244 Å². The predicted octanol–water partition coefficient (Wildman–Crippen LogP) is 5.09. The number of halogens is 5. The summed E-state index contributed by atoms with van der Waals surface area (Å²) >= 11 is 5.90. The van der Waals surface area contributed by atoms with Gasteiger partial charge in [0.05, 0.1) is 23.5 Å². The first kappa shape index (κ1) is 31.0. The van der Waals surface area contributed by atoms with E-state index in [0.717, 1.165) is 6.07 Å². The van der Waals surface area contributed by atoms with Gasteiger partial charge in [-0.1, -0.05) is 11.6 Å². The number of alkyl halides is 3. The number of methoxy groups -OCH3 is 1. The largest absolute Gasteiger partial charge is 0.493 e. The molecule has 1 aliphatic heterocycles. The van der Waals surface area contributed by atoms with Crippen LogP contribution in [0.4, 0.5) is 17.6 Å². The van der Waals surface area contributed by atoms with E-state index in [4.69, 9.17) is 26.8 Å². The van der Waals surface area contributed by atoms with Crippen LogP contribution in [0, 0.1) is 5.82 Å². The molecule has 2 aromatic carbocycles. The lowest BCUT2D eigenvalue weighted by atomic mass is 9.91. The van der Waals surface area contributed by atoms with Gasteiger partial charge in [-0.2, -0.15) is 13.2 Å². The zero-order chi connectivity index (χ0) is 30.8. The van der Waals surface area contributed by atoms with Gasteiger partial charge >= 0.3 is 6.18 Å². The second kappa shape index (κ2) is 12.1. The molecule has 1 fully saturated rings. The first-order valence-corrected chi connectivity index (χ1v) is 13.3. The quantitative estimate of drug-likeness (QED) is 0.292. The first-order valence-electron chi connectivity index (χ1n) is 12.9. The fraction of sp³-hybridized carbons (Fsp3) is 0.345. The molecular weight excluding hydrogens is 580 g/mol. The van der Waals surface area contributed by atoms with Crippen molar-refractivity contribution in [3.8, 4) is 22.8 Å². The number of hydrogen-bond acceptors (Lipinski definition) is 6. The van der Waals surface area contributed by atoms with Gasteiger partial charge in [0, 0.05) is 36.2 Å². The molecule has 42 heavy (non-hydrogen) atoms. The number of pyridine rings is 1. The molecule has 0 spiro atoms. The van der Waals surface area contributed by atoms with E-state index in [1.54, 1.807) is 13.8 Å². The number of ether oxygens (including phenoxy) is 2. The third kappa shape index (κ3) is 7.11. The Morgan fingerprint density at radius 2 is 1.90 bits per heavy atom. The lowest BCUT2D eigenvalue weighted by Gasteiger charge is -2.25. The maximum atomic E-state index is 14.4. The van der Waals surface area contributed by atoms with Crippen molar-refractivity contribution < 1.29 is 36.6 Å². The summed E-state index contributed by atoms with van der Waals surface area (Å²) in [5.41, 5.74) is 5.56. The summed E-state index contributed by atoms with van der Waals surface area (Å²) in [6, 6.07) is 10.5. The molecule has 3 aromatic rings. The van der Waals surface area contributed by atoms with Gasteiger partial charge in [-0.15, -0.1) is 0 Å². The number of amides is 2. The average molecular weight is 609 g/mol. The maximum absolute atomic E-state index is 14.4. The van der Waals surface area contributed by atoms with Gasteiger partial charge in [0.25, 0.3) is 11.8 Å². The highest BCUT2D eigenvalue weighted by atomic mass is 35.5. The summed E-state index contributed by atoms with van der Waals surface area (Å²) in [7, 11) is 1.34. The minimum absolute atomic E-state index is 0.0162. The van der Waals surface area contributed by atoms with Crippen molar-refractivity contribution >= 4 is 23.4 Å². The molecule has 2 atom stereocenters. The number of rotatable bonds is 9. The fourth-order valence-corrected chi connectivity index (χ4v) is 4.51. The minimum Gasteiger partial charge on any atom is -0.493 e. The Morgan fingerprint density at radius 3 is 2.50 bits per heavy atom. The van der Waals surface area contributed by atoms with Crippen LogP contribution in [0.15, 0.2) is 48.5 Å². The SMILES string of the molecule is COc1cc(C(=O)NCC(c2cc(C(C)(C)N)cc(-c3ccc(F)c(Cl)c3)n2)C(F)(F)F)ccc1OC1CCNC1=O. The number of benzene rings is 2. The standard InChI is InChI=1S/C29H29ClF4N4O4/c1-28(2,35)17-12-21(15-4-6-20(31)19(30)10-15)38-22(13-17)18(29(32,33)34)14-37-26(39)16-5-7-23(25(11-16)41-3)42-24-8-9-36-27(24)40/h4-7,10-13,18,24H,8-9,14,35H2,1-3H3,(H,36,40)(H,37,39). The monoisotopic (exact) mass is 608 g/mol. The Balaban J connectivity index is 1.61. The highest BCUT2D eigenvalue weighted by molar-refractivity contribution is 6.31. The number of nitrogens with one attached hydrogen (secondary N) is 2. The number of carbonyl (C=O) groups is 2. The summed E-state index contributed by atoms with van der Waals surface area (Å²) < 4.78 is 67.8. The van der Waals surface area contributed by atoms with E-state index in [2.05, 4.69) is 15.6 Å². The number of nitrogens with zero attached hydrogens (tertiary/aromatic N) is 1. The molecule has 1 aliphatic rings. The maximum Gasteiger partial charge on any atom is 0.398 e. The van der Waals surface area contributed by atoms with Crippen LogP contribution in [0.2, 0.25) is 5.02 Å². The minimum atomic E-state index is -4.80. The van der Waals surface area contributed by atoms with Crippen LogP contribution < -0.4 is 25.8 Å².